The molecule has 0 aliphatic carbocycles. The van der Waals surface area contributed by atoms with Crippen molar-refractivity contribution in [1.82, 2.24) is 10.3 Å². The van der Waals surface area contributed by atoms with Crippen molar-refractivity contribution in [2.24, 2.45) is 0 Å². The van der Waals surface area contributed by atoms with Crippen LogP contribution >= 0.6 is 35.2 Å². The van der Waals surface area contributed by atoms with Gasteiger partial charge in [0.1, 0.15) is 0 Å². The SMILES string of the molecule is O=C(/C=C/c1ccc(Cl)cc1)NC(=S)Nc1nc2ccccc2s1. The molecule has 1 amide bonds. The second-order valence-electron chi connectivity index (χ2n) is 4.82. The molecule has 2 N–H and O–H groups in total. The molecule has 1 heterocycles. The lowest BCUT2D eigenvalue weighted by atomic mass is 10.2. The maximum absolute atomic E-state index is 11.9. The van der Waals surface area contributed by atoms with E-state index < -0.39 is 0 Å². The van der Waals surface area contributed by atoms with E-state index in [9.17, 15) is 4.79 Å². The van der Waals surface area contributed by atoms with Gasteiger partial charge in [-0.3, -0.25) is 10.1 Å². The normalized spacial score (nSPS) is 10.9. The summed E-state index contributed by atoms with van der Waals surface area (Å²) < 4.78 is 1.05. The molecule has 2 aromatic carbocycles. The Kier molecular flexibility index (Phi) is 5.20. The number of thiazole rings is 1. The Hall–Kier alpha value is -2.28. The lowest BCUT2D eigenvalue weighted by molar-refractivity contribution is -0.115. The molecule has 0 atom stereocenters. The van der Waals surface area contributed by atoms with E-state index in [0.717, 1.165) is 15.8 Å². The zero-order chi connectivity index (χ0) is 16.9. The van der Waals surface area contributed by atoms with Crippen LogP contribution in [0.2, 0.25) is 5.02 Å². The van der Waals surface area contributed by atoms with Gasteiger partial charge in [-0.05, 0) is 48.1 Å². The number of amides is 1. The van der Waals surface area contributed by atoms with Gasteiger partial charge in [0.25, 0.3) is 0 Å². The standard InChI is InChI=1S/C17H12ClN3OS2/c18-12-8-5-11(6-9-12)7-10-15(22)20-16(23)21-17-19-13-3-1-2-4-14(13)24-17/h1-10H,(H2,19,20,21,22,23)/b10-7+. The number of rotatable bonds is 3. The number of nitrogens with zero attached hydrogens (tertiary/aromatic N) is 1. The largest absolute Gasteiger partial charge is 0.308 e. The van der Waals surface area contributed by atoms with Gasteiger partial charge in [-0.15, -0.1) is 0 Å². The van der Waals surface area contributed by atoms with Crippen LogP contribution in [0.5, 0.6) is 0 Å². The van der Waals surface area contributed by atoms with Crippen LogP contribution in [0, 0.1) is 0 Å². The molecule has 0 unspecified atom stereocenters. The Balaban J connectivity index is 1.57. The number of anilines is 1. The molecule has 4 nitrogen and oxygen atoms in total. The van der Waals surface area contributed by atoms with Crippen molar-refractivity contribution in [3.05, 3.63) is 65.2 Å². The Morgan fingerprint density at radius 1 is 1.17 bits per heavy atom. The summed E-state index contributed by atoms with van der Waals surface area (Å²) in [5.41, 5.74) is 1.77. The van der Waals surface area contributed by atoms with Gasteiger partial charge in [-0.2, -0.15) is 0 Å². The highest BCUT2D eigenvalue weighted by atomic mass is 35.5. The van der Waals surface area contributed by atoms with Gasteiger partial charge in [-0.25, -0.2) is 4.98 Å². The monoisotopic (exact) mass is 373 g/mol. The first-order valence-electron chi connectivity index (χ1n) is 7.01. The summed E-state index contributed by atoms with van der Waals surface area (Å²) in [6.45, 7) is 0. The Morgan fingerprint density at radius 3 is 2.67 bits per heavy atom. The highest BCUT2D eigenvalue weighted by Gasteiger charge is 2.06. The van der Waals surface area contributed by atoms with Crippen molar-refractivity contribution in [3.63, 3.8) is 0 Å². The first-order valence-corrected chi connectivity index (χ1v) is 8.61. The molecule has 0 saturated carbocycles. The summed E-state index contributed by atoms with van der Waals surface area (Å²) in [7, 11) is 0. The number of halogens is 1. The maximum atomic E-state index is 11.9. The molecular weight excluding hydrogens is 362 g/mol. The fourth-order valence-corrected chi connectivity index (χ4v) is 3.21. The minimum atomic E-state index is -0.316. The van der Waals surface area contributed by atoms with Crippen molar-refractivity contribution in [2.75, 3.05) is 5.32 Å². The van der Waals surface area contributed by atoms with E-state index in [1.165, 1.54) is 17.4 Å². The van der Waals surface area contributed by atoms with Crippen LogP contribution < -0.4 is 10.6 Å². The lowest BCUT2D eigenvalue weighted by Crippen LogP contribution is -2.32. The van der Waals surface area contributed by atoms with Gasteiger partial charge in [0.15, 0.2) is 10.2 Å². The van der Waals surface area contributed by atoms with Crippen molar-refractivity contribution in [3.8, 4) is 0 Å². The molecule has 0 saturated heterocycles. The third kappa shape index (κ3) is 4.38. The average Bonchev–Trinajstić information content (AvgIpc) is 2.96. The van der Waals surface area contributed by atoms with Gasteiger partial charge < -0.3 is 5.32 Å². The molecule has 0 radical (unpaired) electrons. The average molecular weight is 374 g/mol. The van der Waals surface area contributed by atoms with E-state index in [2.05, 4.69) is 15.6 Å². The molecule has 0 spiro atoms. The number of carbonyl (C=O) groups excluding carboxylic acids is 1. The van der Waals surface area contributed by atoms with E-state index >= 15 is 0 Å². The van der Waals surface area contributed by atoms with Crippen LogP contribution in [0.15, 0.2) is 54.6 Å². The molecule has 0 fully saturated rings. The molecule has 24 heavy (non-hydrogen) atoms. The fourth-order valence-electron chi connectivity index (χ4n) is 1.95. The first-order chi connectivity index (χ1) is 11.6. The number of thiocarbonyl (C=S) groups is 1. The smallest absolute Gasteiger partial charge is 0.250 e. The molecular formula is C17H12ClN3OS2. The van der Waals surface area contributed by atoms with Gasteiger partial charge in [0.2, 0.25) is 5.91 Å². The highest BCUT2D eigenvalue weighted by molar-refractivity contribution is 7.80. The second-order valence-corrected chi connectivity index (χ2v) is 6.69. The second kappa shape index (κ2) is 7.53. The zero-order valence-electron chi connectivity index (χ0n) is 12.3. The molecule has 0 bridgehead atoms. The molecule has 7 heteroatoms. The van der Waals surface area contributed by atoms with Crippen LogP contribution in [-0.4, -0.2) is 16.0 Å². The predicted octanol–water partition coefficient (Wildman–Crippen LogP) is 4.48. The number of carbonyl (C=O) groups is 1. The Bertz CT molecular complexity index is 886. The Labute approximate surface area is 153 Å². The van der Waals surface area contributed by atoms with E-state index in [-0.39, 0.29) is 11.0 Å². The van der Waals surface area contributed by atoms with Gasteiger partial charge in [0.05, 0.1) is 10.2 Å². The number of benzene rings is 2. The van der Waals surface area contributed by atoms with Gasteiger partial charge in [-0.1, -0.05) is 47.2 Å². The van der Waals surface area contributed by atoms with Crippen LogP contribution in [-0.2, 0) is 4.79 Å². The molecule has 0 aliphatic rings. The van der Waals surface area contributed by atoms with E-state index in [4.69, 9.17) is 23.8 Å². The molecule has 1 aromatic heterocycles. The number of fused-ring (bicyclic) bond motifs is 1. The van der Waals surface area contributed by atoms with Crippen LogP contribution in [0.25, 0.3) is 16.3 Å². The lowest BCUT2D eigenvalue weighted by Gasteiger charge is -2.04. The van der Waals surface area contributed by atoms with Crippen molar-refractivity contribution in [1.29, 1.82) is 0 Å². The summed E-state index contributed by atoms with van der Waals surface area (Å²) in [5.74, 6) is -0.316. The fraction of sp³-hybridized carbons (Fsp3) is 0. The topological polar surface area (TPSA) is 54.0 Å². The predicted molar refractivity (Wildman–Crippen MR) is 104 cm³/mol. The van der Waals surface area contributed by atoms with Crippen molar-refractivity contribution >= 4 is 67.6 Å². The molecule has 3 aromatic rings. The number of nitrogens with one attached hydrogen (secondary N) is 2. The van der Waals surface area contributed by atoms with Crippen molar-refractivity contribution in [2.45, 2.75) is 0 Å². The van der Waals surface area contributed by atoms with E-state index in [1.54, 1.807) is 18.2 Å². The third-order valence-electron chi connectivity index (χ3n) is 3.05. The summed E-state index contributed by atoms with van der Waals surface area (Å²) >= 11 is 12.4. The van der Waals surface area contributed by atoms with Crippen molar-refractivity contribution < 1.29 is 4.79 Å². The van der Waals surface area contributed by atoms with Gasteiger partial charge in [0, 0.05) is 11.1 Å². The molecule has 120 valence electrons. The Morgan fingerprint density at radius 2 is 1.92 bits per heavy atom. The van der Waals surface area contributed by atoms with E-state index in [1.807, 2.05) is 36.4 Å². The minimum absolute atomic E-state index is 0.208. The maximum Gasteiger partial charge on any atom is 0.250 e. The van der Waals surface area contributed by atoms with Crippen LogP contribution in [0.3, 0.4) is 0 Å². The molecule has 3 rings (SSSR count). The number of para-hydroxylation sites is 1. The van der Waals surface area contributed by atoms with Crippen LogP contribution in [0.4, 0.5) is 5.13 Å². The van der Waals surface area contributed by atoms with E-state index in [0.29, 0.717) is 10.2 Å². The quantitative estimate of drug-likeness (QED) is 0.525. The highest BCUT2D eigenvalue weighted by Crippen LogP contribution is 2.25. The third-order valence-corrected chi connectivity index (χ3v) is 4.46. The number of hydrogen-bond donors (Lipinski definition) is 2. The minimum Gasteiger partial charge on any atom is -0.308 e. The summed E-state index contributed by atoms with van der Waals surface area (Å²) in [4.78, 5) is 16.3. The number of aromatic nitrogens is 1. The first kappa shape index (κ1) is 16.6. The zero-order valence-corrected chi connectivity index (χ0v) is 14.7. The summed E-state index contributed by atoms with van der Waals surface area (Å²) in [6.07, 6.45) is 3.10. The summed E-state index contributed by atoms with van der Waals surface area (Å²) in [6, 6.07) is 15.0. The van der Waals surface area contributed by atoms with Gasteiger partial charge >= 0.3 is 0 Å². The number of hydrogen-bond acceptors (Lipinski definition) is 4. The van der Waals surface area contributed by atoms with Crippen LogP contribution in [0.1, 0.15) is 5.56 Å². The summed E-state index contributed by atoms with van der Waals surface area (Å²) in [5, 5.41) is 7.01. The molecule has 0 aliphatic heterocycles.